The first-order chi connectivity index (χ1) is 13.9. The van der Waals surface area contributed by atoms with Crippen LogP contribution in [-0.4, -0.2) is 26.9 Å². The number of rotatable bonds is 8. The second-order valence-electron chi connectivity index (χ2n) is 7.73. The van der Waals surface area contributed by atoms with Crippen molar-refractivity contribution in [1.82, 2.24) is 14.5 Å². The van der Waals surface area contributed by atoms with Crippen molar-refractivity contribution in [2.75, 3.05) is 6.54 Å². The number of halogens is 2. The van der Waals surface area contributed by atoms with Crippen molar-refractivity contribution in [3.8, 4) is 0 Å². The number of aromatic nitrogens is 2. The molecule has 1 amide bonds. The van der Waals surface area contributed by atoms with Gasteiger partial charge in [-0.15, -0.1) is 0 Å². The van der Waals surface area contributed by atoms with Crippen molar-refractivity contribution in [2.45, 2.75) is 46.7 Å². The number of nitrogens with zero attached hydrogens (tertiary/aromatic N) is 3. The molecule has 0 aliphatic heterocycles. The standard InChI is InChI=1S/C23H27ClIN3O/c1-4-11-28-21-14-18(24)8-9-20(21)26-22(28)15-27(12-10-16(2)3)23(29)17-6-5-7-19(25)13-17/h5-9,13-14,16H,4,10-12,15H2,1-3H3. The topological polar surface area (TPSA) is 38.1 Å². The van der Waals surface area contributed by atoms with Crippen LogP contribution >= 0.6 is 34.2 Å². The largest absolute Gasteiger partial charge is 0.331 e. The highest BCUT2D eigenvalue weighted by molar-refractivity contribution is 14.1. The fourth-order valence-electron chi connectivity index (χ4n) is 3.38. The van der Waals surface area contributed by atoms with E-state index < -0.39 is 0 Å². The maximum Gasteiger partial charge on any atom is 0.254 e. The Morgan fingerprint density at radius 3 is 2.72 bits per heavy atom. The van der Waals surface area contributed by atoms with Crippen LogP contribution in [0.1, 0.15) is 49.8 Å². The molecule has 6 heteroatoms. The van der Waals surface area contributed by atoms with Crippen molar-refractivity contribution < 1.29 is 4.79 Å². The van der Waals surface area contributed by atoms with Crippen molar-refractivity contribution in [3.63, 3.8) is 0 Å². The fraction of sp³-hybridized carbons (Fsp3) is 0.391. The van der Waals surface area contributed by atoms with Gasteiger partial charge in [-0.2, -0.15) is 0 Å². The first-order valence-corrected chi connectivity index (χ1v) is 11.5. The second kappa shape index (κ2) is 9.94. The minimum Gasteiger partial charge on any atom is -0.331 e. The molecule has 0 fully saturated rings. The normalized spacial score (nSPS) is 11.4. The van der Waals surface area contributed by atoms with Crippen LogP contribution in [0.2, 0.25) is 5.02 Å². The summed E-state index contributed by atoms with van der Waals surface area (Å²) in [7, 11) is 0. The Bertz CT molecular complexity index is 999. The average Bonchev–Trinajstić information content (AvgIpc) is 3.01. The van der Waals surface area contributed by atoms with Crippen LogP contribution in [0.5, 0.6) is 0 Å². The van der Waals surface area contributed by atoms with E-state index in [1.807, 2.05) is 47.4 Å². The number of benzene rings is 2. The van der Waals surface area contributed by atoms with Gasteiger partial charge in [-0.05, 0) is 77.7 Å². The quantitative estimate of drug-likeness (QED) is 0.321. The molecule has 0 saturated carbocycles. The molecule has 2 aromatic carbocycles. The van der Waals surface area contributed by atoms with Crippen LogP contribution in [0.25, 0.3) is 11.0 Å². The number of fused-ring (bicyclic) bond motifs is 1. The van der Waals surface area contributed by atoms with E-state index in [4.69, 9.17) is 16.6 Å². The lowest BCUT2D eigenvalue weighted by Crippen LogP contribution is -2.33. The summed E-state index contributed by atoms with van der Waals surface area (Å²) < 4.78 is 3.26. The predicted octanol–water partition coefficient (Wildman–Crippen LogP) is 6.39. The smallest absolute Gasteiger partial charge is 0.254 e. The number of hydrogen-bond donors (Lipinski definition) is 0. The van der Waals surface area contributed by atoms with E-state index in [-0.39, 0.29) is 5.91 Å². The maximum absolute atomic E-state index is 13.3. The number of amides is 1. The summed E-state index contributed by atoms with van der Waals surface area (Å²) >= 11 is 8.48. The van der Waals surface area contributed by atoms with Crippen LogP contribution < -0.4 is 0 Å². The van der Waals surface area contributed by atoms with Crippen LogP contribution in [0.4, 0.5) is 0 Å². The van der Waals surface area contributed by atoms with Gasteiger partial charge in [0.25, 0.3) is 5.91 Å². The Morgan fingerprint density at radius 2 is 2.03 bits per heavy atom. The number of carbonyl (C=O) groups is 1. The van der Waals surface area contributed by atoms with E-state index in [1.54, 1.807) is 0 Å². The molecule has 0 radical (unpaired) electrons. The number of imidazole rings is 1. The van der Waals surface area contributed by atoms with E-state index >= 15 is 0 Å². The maximum atomic E-state index is 13.3. The van der Waals surface area contributed by atoms with E-state index in [0.29, 0.717) is 24.0 Å². The summed E-state index contributed by atoms with van der Waals surface area (Å²) in [6, 6.07) is 13.5. The molecule has 0 bridgehead atoms. The van der Waals surface area contributed by atoms with Gasteiger partial charge in [-0.3, -0.25) is 4.79 Å². The number of carbonyl (C=O) groups excluding carboxylic acids is 1. The van der Waals surface area contributed by atoms with Gasteiger partial charge >= 0.3 is 0 Å². The van der Waals surface area contributed by atoms with E-state index in [9.17, 15) is 4.79 Å². The SMILES string of the molecule is CCCn1c(CN(CCC(C)C)C(=O)c2cccc(I)c2)nc2ccc(Cl)cc21. The Morgan fingerprint density at radius 1 is 1.24 bits per heavy atom. The molecule has 0 saturated heterocycles. The third kappa shape index (κ3) is 5.51. The summed E-state index contributed by atoms with van der Waals surface area (Å²) in [5.41, 5.74) is 2.67. The summed E-state index contributed by atoms with van der Waals surface area (Å²) in [6.45, 7) is 8.56. The van der Waals surface area contributed by atoms with Gasteiger partial charge in [0.15, 0.2) is 0 Å². The molecule has 29 heavy (non-hydrogen) atoms. The Balaban J connectivity index is 1.96. The zero-order chi connectivity index (χ0) is 21.0. The minimum absolute atomic E-state index is 0.0531. The summed E-state index contributed by atoms with van der Waals surface area (Å²) in [5, 5.41) is 0.702. The van der Waals surface area contributed by atoms with Crippen molar-refractivity contribution >= 4 is 51.1 Å². The van der Waals surface area contributed by atoms with Crippen molar-refractivity contribution in [1.29, 1.82) is 0 Å². The molecule has 0 aliphatic rings. The first-order valence-electron chi connectivity index (χ1n) is 10.1. The molecule has 1 heterocycles. The molecular formula is C23H27ClIN3O. The van der Waals surface area contributed by atoms with Crippen molar-refractivity contribution in [3.05, 3.63) is 62.4 Å². The third-order valence-corrected chi connectivity index (χ3v) is 5.81. The molecule has 3 rings (SSSR count). The van der Waals surface area contributed by atoms with Gasteiger partial charge in [-0.25, -0.2) is 4.98 Å². The van der Waals surface area contributed by atoms with Gasteiger partial charge in [-0.1, -0.05) is 38.4 Å². The Hall–Kier alpha value is -1.60. The monoisotopic (exact) mass is 523 g/mol. The molecule has 1 aromatic heterocycles. The van der Waals surface area contributed by atoms with Crippen LogP contribution in [0, 0.1) is 9.49 Å². The van der Waals surface area contributed by atoms with Gasteiger partial charge < -0.3 is 9.47 Å². The summed E-state index contributed by atoms with van der Waals surface area (Å²) in [4.78, 5) is 20.1. The summed E-state index contributed by atoms with van der Waals surface area (Å²) in [5.74, 6) is 1.48. The molecule has 0 atom stereocenters. The van der Waals surface area contributed by atoms with Crippen LogP contribution in [0.3, 0.4) is 0 Å². The lowest BCUT2D eigenvalue weighted by atomic mass is 10.1. The molecule has 0 aliphatic carbocycles. The first kappa shape index (κ1) is 22.1. The minimum atomic E-state index is 0.0531. The van der Waals surface area contributed by atoms with Gasteiger partial charge in [0.05, 0.1) is 17.6 Å². The third-order valence-electron chi connectivity index (χ3n) is 4.90. The Kier molecular flexibility index (Phi) is 7.57. The summed E-state index contributed by atoms with van der Waals surface area (Å²) in [6.07, 6.45) is 1.94. The second-order valence-corrected chi connectivity index (χ2v) is 9.41. The Labute approximate surface area is 191 Å². The fourth-order valence-corrected chi connectivity index (χ4v) is 4.09. The molecule has 3 aromatic rings. The number of hydrogen-bond acceptors (Lipinski definition) is 2. The van der Waals surface area contributed by atoms with Gasteiger partial charge in [0.1, 0.15) is 5.82 Å². The molecule has 154 valence electrons. The highest BCUT2D eigenvalue weighted by atomic mass is 127. The average molecular weight is 524 g/mol. The molecule has 4 nitrogen and oxygen atoms in total. The lowest BCUT2D eigenvalue weighted by molar-refractivity contribution is 0.0729. The predicted molar refractivity (Wildman–Crippen MR) is 128 cm³/mol. The zero-order valence-electron chi connectivity index (χ0n) is 17.2. The van der Waals surface area contributed by atoms with E-state index in [1.165, 1.54) is 0 Å². The number of aryl methyl sites for hydroxylation is 1. The zero-order valence-corrected chi connectivity index (χ0v) is 20.1. The van der Waals surface area contributed by atoms with E-state index in [2.05, 4.69) is 47.9 Å². The molecule has 0 N–H and O–H groups in total. The van der Waals surface area contributed by atoms with Gasteiger partial charge in [0.2, 0.25) is 0 Å². The van der Waals surface area contributed by atoms with Crippen LogP contribution in [-0.2, 0) is 13.1 Å². The highest BCUT2D eigenvalue weighted by Crippen LogP contribution is 2.23. The van der Waals surface area contributed by atoms with Crippen molar-refractivity contribution in [2.24, 2.45) is 5.92 Å². The molecule has 0 unspecified atom stereocenters. The van der Waals surface area contributed by atoms with Crippen LogP contribution in [0.15, 0.2) is 42.5 Å². The molecular weight excluding hydrogens is 497 g/mol. The van der Waals surface area contributed by atoms with E-state index in [0.717, 1.165) is 45.4 Å². The van der Waals surface area contributed by atoms with Gasteiger partial charge in [0, 0.05) is 27.2 Å². The molecule has 0 spiro atoms. The lowest BCUT2D eigenvalue weighted by Gasteiger charge is -2.24. The highest BCUT2D eigenvalue weighted by Gasteiger charge is 2.20.